The first-order chi connectivity index (χ1) is 11.6. The van der Waals surface area contributed by atoms with Gasteiger partial charge in [-0.25, -0.2) is 4.79 Å². The van der Waals surface area contributed by atoms with E-state index in [4.69, 9.17) is 4.74 Å². The van der Waals surface area contributed by atoms with Crippen LogP contribution in [0.3, 0.4) is 0 Å². The van der Waals surface area contributed by atoms with Crippen LogP contribution in [0.1, 0.15) is 18.9 Å². The number of rotatable bonds is 4. The largest absolute Gasteiger partial charge is 0.493 e. The first kappa shape index (κ1) is 16.1. The number of aromatic amines is 1. The van der Waals surface area contributed by atoms with Crippen molar-refractivity contribution in [3.8, 4) is 5.75 Å². The molecule has 1 aliphatic heterocycles. The maximum Gasteiger partial charge on any atom is 0.329 e. The van der Waals surface area contributed by atoms with Crippen LogP contribution in [0, 0.1) is 0 Å². The average Bonchev–Trinajstić information content (AvgIpc) is 2.60. The summed E-state index contributed by atoms with van der Waals surface area (Å²) >= 11 is 0. The summed E-state index contributed by atoms with van der Waals surface area (Å²) in [7, 11) is 1.46. The lowest BCUT2D eigenvalue weighted by Crippen LogP contribution is -2.37. The third-order valence-electron chi connectivity index (χ3n) is 4.21. The van der Waals surface area contributed by atoms with Crippen LogP contribution >= 0.6 is 0 Å². The summed E-state index contributed by atoms with van der Waals surface area (Å²) in [6.45, 7) is 3.97. The molecule has 126 valence electrons. The highest BCUT2D eigenvalue weighted by Gasteiger charge is 2.17. The molecular weight excluding hydrogens is 306 g/mol. The van der Waals surface area contributed by atoms with Crippen molar-refractivity contribution in [2.24, 2.45) is 7.05 Å². The van der Waals surface area contributed by atoms with Gasteiger partial charge >= 0.3 is 5.69 Å². The van der Waals surface area contributed by atoms with Gasteiger partial charge in [-0.1, -0.05) is 24.3 Å². The van der Waals surface area contributed by atoms with Crippen molar-refractivity contribution in [3.63, 3.8) is 0 Å². The van der Waals surface area contributed by atoms with Gasteiger partial charge in [0.2, 0.25) is 0 Å². The number of anilines is 1. The molecule has 6 heteroatoms. The highest BCUT2D eigenvalue weighted by Crippen LogP contribution is 2.30. The van der Waals surface area contributed by atoms with E-state index >= 15 is 0 Å². The molecule has 0 saturated carbocycles. The molecule has 24 heavy (non-hydrogen) atoms. The third kappa shape index (κ3) is 3.13. The third-order valence-corrected chi connectivity index (χ3v) is 4.21. The Kier molecular flexibility index (Phi) is 4.55. The lowest BCUT2D eigenvalue weighted by atomic mass is 9.98. The van der Waals surface area contributed by atoms with Gasteiger partial charge in [0, 0.05) is 31.8 Å². The Hall–Kier alpha value is -2.76. The van der Waals surface area contributed by atoms with E-state index < -0.39 is 5.69 Å². The number of hydrogen-bond donors (Lipinski definition) is 1. The van der Waals surface area contributed by atoms with Crippen LogP contribution in [-0.4, -0.2) is 29.2 Å². The van der Waals surface area contributed by atoms with Crippen LogP contribution in [0.4, 0.5) is 5.82 Å². The van der Waals surface area contributed by atoms with E-state index in [1.54, 1.807) is 0 Å². The molecule has 3 rings (SSSR count). The summed E-state index contributed by atoms with van der Waals surface area (Å²) in [6.07, 6.45) is 2.94. The average molecular weight is 327 g/mol. The predicted molar refractivity (Wildman–Crippen MR) is 94.7 cm³/mol. The van der Waals surface area contributed by atoms with Crippen molar-refractivity contribution in [3.05, 3.63) is 62.8 Å². The molecule has 0 amide bonds. The van der Waals surface area contributed by atoms with Crippen LogP contribution in [0.15, 0.2) is 46.0 Å². The summed E-state index contributed by atoms with van der Waals surface area (Å²) in [4.78, 5) is 28.3. The normalized spacial score (nSPS) is 14.4. The van der Waals surface area contributed by atoms with E-state index in [1.165, 1.54) is 18.7 Å². The zero-order valence-electron chi connectivity index (χ0n) is 13.9. The van der Waals surface area contributed by atoms with Gasteiger partial charge in [-0.3, -0.25) is 14.3 Å². The van der Waals surface area contributed by atoms with Crippen molar-refractivity contribution in [2.45, 2.75) is 13.3 Å². The number of nitrogens with one attached hydrogen (secondary N) is 1. The second-order valence-corrected chi connectivity index (χ2v) is 5.71. The van der Waals surface area contributed by atoms with Crippen molar-refractivity contribution in [1.29, 1.82) is 0 Å². The van der Waals surface area contributed by atoms with Crippen molar-refractivity contribution in [2.75, 3.05) is 24.6 Å². The standard InChI is InChI=1S/C18H21N3O3/c1-3-24-15-7-5-4-6-14(15)13-8-10-21(11-9-13)16-12-17(22)20(2)18(23)19-16/h4-8,12H,3,9-11H2,1-2H3,(H,19,23). The number of aromatic nitrogens is 2. The van der Waals surface area contributed by atoms with Gasteiger partial charge < -0.3 is 9.64 Å². The summed E-state index contributed by atoms with van der Waals surface area (Å²) < 4.78 is 6.76. The summed E-state index contributed by atoms with van der Waals surface area (Å²) in [5, 5.41) is 0. The molecule has 0 unspecified atom stereocenters. The van der Waals surface area contributed by atoms with Crippen LogP contribution in [-0.2, 0) is 7.05 Å². The maximum atomic E-state index is 11.8. The summed E-state index contributed by atoms with van der Waals surface area (Å²) in [6, 6.07) is 9.48. The fourth-order valence-electron chi connectivity index (χ4n) is 2.86. The zero-order valence-corrected chi connectivity index (χ0v) is 13.9. The van der Waals surface area contributed by atoms with Gasteiger partial charge in [0.15, 0.2) is 0 Å². The molecule has 6 nitrogen and oxygen atoms in total. The molecule has 0 fully saturated rings. The zero-order chi connectivity index (χ0) is 17.1. The van der Waals surface area contributed by atoms with E-state index in [-0.39, 0.29) is 5.56 Å². The van der Waals surface area contributed by atoms with E-state index in [0.717, 1.165) is 28.8 Å². The molecule has 1 aromatic heterocycles. The quantitative estimate of drug-likeness (QED) is 0.929. The topological polar surface area (TPSA) is 67.3 Å². The lowest BCUT2D eigenvalue weighted by molar-refractivity contribution is 0.339. The monoisotopic (exact) mass is 327 g/mol. The van der Waals surface area contributed by atoms with Gasteiger partial charge in [-0.2, -0.15) is 0 Å². The number of para-hydroxylation sites is 1. The van der Waals surface area contributed by atoms with Crippen LogP contribution in [0.5, 0.6) is 5.75 Å². The fraction of sp³-hybridized carbons (Fsp3) is 0.333. The minimum atomic E-state index is -0.394. The number of nitrogens with zero attached hydrogens (tertiary/aromatic N) is 2. The van der Waals surface area contributed by atoms with Gasteiger partial charge in [0.1, 0.15) is 11.6 Å². The van der Waals surface area contributed by atoms with Crippen LogP contribution < -0.4 is 20.9 Å². The van der Waals surface area contributed by atoms with E-state index in [0.29, 0.717) is 19.0 Å². The minimum absolute atomic E-state index is 0.301. The molecular formula is C18H21N3O3. The Balaban J connectivity index is 1.85. The molecule has 2 aromatic rings. The van der Waals surface area contributed by atoms with Gasteiger partial charge in [-0.15, -0.1) is 0 Å². The molecule has 1 N–H and O–H groups in total. The number of hydrogen-bond acceptors (Lipinski definition) is 4. The maximum absolute atomic E-state index is 11.8. The highest BCUT2D eigenvalue weighted by atomic mass is 16.5. The van der Waals surface area contributed by atoms with Crippen LogP contribution in [0.25, 0.3) is 5.57 Å². The summed E-state index contributed by atoms with van der Waals surface area (Å²) in [5.74, 6) is 1.46. The van der Waals surface area contributed by atoms with Crippen LogP contribution in [0.2, 0.25) is 0 Å². The van der Waals surface area contributed by atoms with E-state index in [9.17, 15) is 9.59 Å². The highest BCUT2D eigenvalue weighted by molar-refractivity contribution is 5.72. The lowest BCUT2D eigenvalue weighted by Gasteiger charge is -2.28. The number of ether oxygens (including phenoxy) is 1. The molecule has 0 radical (unpaired) electrons. The molecule has 1 aromatic carbocycles. The SMILES string of the molecule is CCOc1ccccc1C1=CCN(c2cc(=O)n(C)c(=O)[nH]2)CC1. The Morgan fingerprint density at radius 1 is 1.25 bits per heavy atom. The second kappa shape index (κ2) is 6.78. The second-order valence-electron chi connectivity index (χ2n) is 5.71. The predicted octanol–water partition coefficient (Wildman–Crippen LogP) is 1.77. The molecule has 0 saturated heterocycles. The van der Waals surface area contributed by atoms with Gasteiger partial charge in [0.25, 0.3) is 5.56 Å². The first-order valence-electron chi connectivity index (χ1n) is 8.06. The Labute approximate surface area is 140 Å². The molecule has 0 bridgehead atoms. The summed E-state index contributed by atoms with van der Waals surface area (Å²) in [5.41, 5.74) is 1.64. The van der Waals surface area contributed by atoms with Crippen molar-refractivity contribution in [1.82, 2.24) is 9.55 Å². The smallest absolute Gasteiger partial charge is 0.329 e. The van der Waals surface area contributed by atoms with Gasteiger partial charge in [0.05, 0.1) is 6.61 Å². The minimum Gasteiger partial charge on any atom is -0.493 e. The van der Waals surface area contributed by atoms with Crippen molar-refractivity contribution < 1.29 is 4.74 Å². The Morgan fingerprint density at radius 2 is 2.04 bits per heavy atom. The molecule has 0 aliphatic carbocycles. The number of H-pyrrole nitrogens is 1. The fourth-order valence-corrected chi connectivity index (χ4v) is 2.86. The molecule has 1 aliphatic rings. The van der Waals surface area contributed by atoms with Crippen molar-refractivity contribution >= 4 is 11.4 Å². The Morgan fingerprint density at radius 3 is 2.71 bits per heavy atom. The van der Waals surface area contributed by atoms with Gasteiger partial charge in [-0.05, 0) is 25.0 Å². The molecule has 0 atom stereocenters. The first-order valence-corrected chi connectivity index (χ1v) is 8.06. The Bertz CT molecular complexity index is 848. The van der Waals surface area contributed by atoms with E-state index in [1.807, 2.05) is 30.0 Å². The number of benzene rings is 1. The molecule has 0 spiro atoms. The van der Waals surface area contributed by atoms with E-state index in [2.05, 4.69) is 17.1 Å². The molecule has 2 heterocycles.